The number of allylic oxidation sites excluding steroid dienone is 26. The summed E-state index contributed by atoms with van der Waals surface area (Å²) in [7, 11) is 1.34. The van der Waals surface area contributed by atoms with Crippen LogP contribution in [-0.2, 0) is 18.4 Å². The van der Waals surface area contributed by atoms with Gasteiger partial charge < -0.3 is 24.9 Å². The van der Waals surface area contributed by atoms with Gasteiger partial charge in [0.15, 0.2) is 0 Å². The van der Waals surface area contributed by atoms with Crippen LogP contribution in [0.1, 0.15) is 149 Å². The van der Waals surface area contributed by atoms with Gasteiger partial charge >= 0.3 is 7.82 Å². The highest BCUT2D eigenvalue weighted by molar-refractivity contribution is 7.47. The molecule has 4 unspecified atom stereocenters. The first-order valence-electron chi connectivity index (χ1n) is 25.9. The average molecular weight is 976 g/mol. The summed E-state index contributed by atoms with van der Waals surface area (Å²) in [4.78, 5) is 23.2. The third kappa shape index (κ3) is 48.9. The van der Waals surface area contributed by atoms with E-state index in [2.05, 4.69) is 170 Å². The Hall–Kier alpha value is -3.92. The second-order valence-corrected chi connectivity index (χ2v) is 19.4. The number of phosphoric ester groups is 1. The number of nitrogens with one attached hydrogen (secondary N) is 1. The van der Waals surface area contributed by atoms with Gasteiger partial charge in [-0.1, -0.05) is 165 Å². The van der Waals surface area contributed by atoms with Crippen molar-refractivity contribution in [1.29, 1.82) is 0 Å². The van der Waals surface area contributed by atoms with Gasteiger partial charge in [-0.25, -0.2) is 4.57 Å². The number of aliphatic hydroxyl groups excluding tert-OH is 2. The number of amides is 1. The second kappa shape index (κ2) is 47.7. The van der Waals surface area contributed by atoms with Crippen LogP contribution in [0.15, 0.2) is 158 Å². The van der Waals surface area contributed by atoms with E-state index in [0.29, 0.717) is 30.3 Å². The lowest BCUT2D eigenvalue weighted by atomic mass is 10.0. The fraction of sp³-hybridized carbons (Fsp3) is 0.542. The van der Waals surface area contributed by atoms with Crippen molar-refractivity contribution >= 4 is 13.7 Å². The second-order valence-electron chi connectivity index (χ2n) is 17.9. The average Bonchev–Trinajstić information content (AvgIpc) is 3.31. The minimum absolute atomic E-state index is 0.00629. The first-order valence-corrected chi connectivity index (χ1v) is 27.4. The highest BCUT2D eigenvalue weighted by atomic mass is 31.2. The van der Waals surface area contributed by atoms with Crippen LogP contribution < -0.4 is 5.32 Å². The largest absolute Gasteiger partial charge is 0.472 e. The van der Waals surface area contributed by atoms with Crippen molar-refractivity contribution in [2.45, 2.75) is 167 Å². The van der Waals surface area contributed by atoms with Crippen LogP contribution in [0.25, 0.3) is 0 Å². The molecule has 0 rings (SSSR count). The minimum Gasteiger partial charge on any atom is -0.390 e. The van der Waals surface area contributed by atoms with Gasteiger partial charge in [-0.2, -0.15) is 0 Å². The van der Waals surface area contributed by atoms with Gasteiger partial charge in [-0.05, 0) is 135 Å². The summed E-state index contributed by atoms with van der Waals surface area (Å²) in [5.41, 5.74) is 0. The van der Waals surface area contributed by atoms with Gasteiger partial charge in [0, 0.05) is 6.42 Å². The maximum Gasteiger partial charge on any atom is 0.472 e. The van der Waals surface area contributed by atoms with Gasteiger partial charge in [0.2, 0.25) is 5.91 Å². The molecule has 0 aromatic rings. The number of nitrogens with zero attached hydrogens (tertiary/aromatic N) is 1. The zero-order valence-electron chi connectivity index (χ0n) is 43.6. The zero-order chi connectivity index (χ0) is 50.8. The number of hydrogen-bond donors (Lipinski definition) is 4. The van der Waals surface area contributed by atoms with Crippen LogP contribution >= 0.6 is 7.82 Å². The first-order chi connectivity index (χ1) is 33.4. The normalized spacial score (nSPS) is 15.8. The van der Waals surface area contributed by atoms with E-state index < -0.39 is 32.7 Å². The van der Waals surface area contributed by atoms with Crippen molar-refractivity contribution in [2.24, 2.45) is 0 Å². The molecule has 10 heteroatoms. The van der Waals surface area contributed by atoms with Crippen molar-refractivity contribution in [3.05, 3.63) is 158 Å². The molecule has 4 atom stereocenters. The van der Waals surface area contributed by atoms with Gasteiger partial charge in [0.1, 0.15) is 19.3 Å². The van der Waals surface area contributed by atoms with Gasteiger partial charge in [-0.15, -0.1) is 0 Å². The molecular weight excluding hydrogens is 880 g/mol. The van der Waals surface area contributed by atoms with E-state index in [-0.39, 0.29) is 18.9 Å². The molecule has 9 nitrogen and oxygen atoms in total. The Morgan fingerprint density at radius 3 is 1.33 bits per heavy atom. The van der Waals surface area contributed by atoms with Crippen LogP contribution in [0.3, 0.4) is 0 Å². The summed E-state index contributed by atoms with van der Waals surface area (Å²) in [6.07, 6.45) is 72.0. The summed E-state index contributed by atoms with van der Waals surface area (Å²) in [6, 6.07) is -1.10. The third-order valence-corrected chi connectivity index (χ3v) is 11.4. The summed E-state index contributed by atoms with van der Waals surface area (Å²) in [6.45, 7) is 4.17. The number of rotatable bonds is 44. The Bertz CT molecular complexity index is 1690. The van der Waals surface area contributed by atoms with E-state index in [9.17, 15) is 24.5 Å². The number of carbonyl (C=O) groups excluding carboxylic acids is 1. The number of aliphatic hydroxyl groups is 2. The number of carbonyl (C=O) groups is 1. The van der Waals surface area contributed by atoms with E-state index in [1.165, 1.54) is 0 Å². The first kappa shape index (κ1) is 65.1. The Labute approximate surface area is 421 Å². The maximum absolute atomic E-state index is 12.9. The minimum atomic E-state index is -4.46. The van der Waals surface area contributed by atoms with Crippen LogP contribution in [0.5, 0.6) is 0 Å². The molecule has 0 aliphatic carbocycles. The molecule has 0 spiro atoms. The molecule has 69 heavy (non-hydrogen) atoms. The van der Waals surface area contributed by atoms with Crippen molar-refractivity contribution in [1.82, 2.24) is 5.32 Å². The lowest BCUT2D eigenvalue weighted by molar-refractivity contribution is -0.870. The van der Waals surface area contributed by atoms with E-state index in [1.807, 2.05) is 28.1 Å². The molecule has 0 bridgehead atoms. The predicted octanol–water partition coefficient (Wildman–Crippen LogP) is 14.5. The van der Waals surface area contributed by atoms with Gasteiger partial charge in [0.25, 0.3) is 0 Å². The summed E-state index contributed by atoms with van der Waals surface area (Å²) >= 11 is 0. The molecule has 0 fully saturated rings. The molecular formula is C59H96N2O7P+. The number of hydrogen-bond acceptors (Lipinski definition) is 6. The van der Waals surface area contributed by atoms with Crippen LogP contribution in [-0.4, -0.2) is 84.6 Å². The number of quaternary nitrogens is 1. The van der Waals surface area contributed by atoms with E-state index in [1.54, 1.807) is 0 Å². The maximum atomic E-state index is 12.9. The summed E-state index contributed by atoms with van der Waals surface area (Å²) < 4.78 is 23.5. The van der Waals surface area contributed by atoms with Crippen LogP contribution in [0.2, 0.25) is 0 Å². The Kier molecular flexibility index (Phi) is 45.0. The van der Waals surface area contributed by atoms with Crippen molar-refractivity contribution in [3.8, 4) is 0 Å². The van der Waals surface area contributed by atoms with Gasteiger partial charge in [0.05, 0.1) is 39.9 Å². The standard InChI is InChI=1S/C59H95N2O7P/c1-6-8-10-12-14-16-18-20-21-22-23-24-25-26-27-28-29-30-31-32-33-34-35-36-37-38-39-40-42-44-46-48-50-52-58(63)60-56(55-68-69(65,66)67-54-53-61(3,4)5)59(64)57(62)51-49-47-45-43-41-19-17-15-13-11-9-7-2/h7-10,14-17,20-21,23-24,26-27,29-30,32-33,35-36,38-39,42-45,56-57,59,62,64H,6,11-13,18-19,22,25,28,31,34,37,40-41,46-55H2,1-5H3,(H-,60,63,65,66)/p+1/b9-7+,10-8-,16-14-,17-15+,21-20-,24-23-,27-26-,30-29-,33-32-,36-35-,39-38-,44-42-,45-43+. The Balaban J connectivity index is 4.44. The smallest absolute Gasteiger partial charge is 0.390 e. The van der Waals surface area contributed by atoms with Crippen LogP contribution in [0, 0.1) is 0 Å². The molecule has 0 radical (unpaired) electrons. The zero-order valence-corrected chi connectivity index (χ0v) is 44.5. The fourth-order valence-electron chi connectivity index (χ4n) is 6.32. The molecule has 0 saturated carbocycles. The van der Waals surface area contributed by atoms with E-state index in [0.717, 1.165) is 109 Å². The highest BCUT2D eigenvalue weighted by Gasteiger charge is 2.31. The SMILES string of the molecule is C/C=C/CC/C=C/CC/C=C/CCCC(O)C(O)C(COP(=O)(O)OCC[N+](C)(C)C)NC(=O)CCCC/C=C\C/C=C\C/C=C\C/C=C\C/C=C\C/C=C\C/C=C\C/C=C\C/C=C\C/C=C\CC. The lowest BCUT2D eigenvalue weighted by Crippen LogP contribution is -2.51. The molecule has 0 aromatic heterocycles. The highest BCUT2D eigenvalue weighted by Crippen LogP contribution is 2.43. The summed E-state index contributed by atoms with van der Waals surface area (Å²) in [5.74, 6) is -0.326. The molecule has 0 aliphatic heterocycles. The predicted molar refractivity (Wildman–Crippen MR) is 296 cm³/mol. The monoisotopic (exact) mass is 976 g/mol. The topological polar surface area (TPSA) is 125 Å². The molecule has 4 N–H and O–H groups in total. The number of unbranched alkanes of at least 4 members (excludes halogenated alkanes) is 5. The van der Waals surface area contributed by atoms with Gasteiger partial charge in [-0.3, -0.25) is 13.8 Å². The number of phosphoric acid groups is 1. The van der Waals surface area contributed by atoms with Crippen molar-refractivity contribution in [2.75, 3.05) is 40.9 Å². The Morgan fingerprint density at radius 2 is 0.913 bits per heavy atom. The molecule has 388 valence electrons. The molecule has 0 saturated heterocycles. The third-order valence-electron chi connectivity index (χ3n) is 10.4. The van der Waals surface area contributed by atoms with Crippen molar-refractivity contribution in [3.63, 3.8) is 0 Å². The molecule has 1 amide bonds. The Morgan fingerprint density at radius 1 is 0.536 bits per heavy atom. The van der Waals surface area contributed by atoms with E-state index >= 15 is 0 Å². The van der Waals surface area contributed by atoms with Crippen molar-refractivity contribution < 1.29 is 38.0 Å². The fourth-order valence-corrected chi connectivity index (χ4v) is 7.06. The molecule has 0 heterocycles. The molecule has 0 aromatic carbocycles. The molecule has 0 aliphatic rings. The quantitative estimate of drug-likeness (QED) is 0.0207. The number of likely N-dealkylation sites (N-methyl/N-ethyl adjacent to an activating group) is 1. The van der Waals surface area contributed by atoms with E-state index in [4.69, 9.17) is 9.05 Å². The van der Waals surface area contributed by atoms with Crippen LogP contribution in [0.4, 0.5) is 0 Å². The summed E-state index contributed by atoms with van der Waals surface area (Å²) in [5, 5.41) is 24.6. The lowest BCUT2D eigenvalue weighted by Gasteiger charge is -2.28.